The van der Waals surface area contributed by atoms with Crippen molar-refractivity contribution in [3.8, 4) is 0 Å². The van der Waals surface area contributed by atoms with Crippen LogP contribution in [0.3, 0.4) is 0 Å². The number of nitrogens with one attached hydrogen (secondary N) is 1. The van der Waals surface area contributed by atoms with Crippen LogP contribution in [-0.2, 0) is 4.79 Å². The molecule has 2 aromatic rings. The summed E-state index contributed by atoms with van der Waals surface area (Å²) in [5.41, 5.74) is -0.0470. The molecule has 0 saturated carbocycles. The highest BCUT2D eigenvalue weighted by atomic mass is 35.5. The molecule has 1 aromatic heterocycles. The van der Waals surface area contributed by atoms with E-state index < -0.39 is 10.8 Å². The maximum absolute atomic E-state index is 11.1. The van der Waals surface area contributed by atoms with Gasteiger partial charge in [-0.1, -0.05) is 11.6 Å². The van der Waals surface area contributed by atoms with Gasteiger partial charge in [0, 0.05) is 30.0 Å². The third-order valence-electron chi connectivity index (χ3n) is 2.35. The monoisotopic (exact) mass is 265 g/mol. The van der Waals surface area contributed by atoms with Crippen molar-refractivity contribution in [1.82, 2.24) is 4.98 Å². The zero-order valence-corrected chi connectivity index (χ0v) is 10.1. The number of fused-ring (bicyclic) bond motifs is 1. The van der Waals surface area contributed by atoms with E-state index in [1.807, 2.05) is 0 Å². The second-order valence-electron chi connectivity index (χ2n) is 3.63. The van der Waals surface area contributed by atoms with Gasteiger partial charge in [0.15, 0.2) is 0 Å². The number of carbonyl (C=O) groups excluding carboxylic acids is 1. The predicted molar refractivity (Wildman–Crippen MR) is 67.7 cm³/mol. The Morgan fingerprint density at radius 2 is 2.22 bits per heavy atom. The number of rotatable bonds is 2. The van der Waals surface area contributed by atoms with Crippen LogP contribution in [0, 0.1) is 10.1 Å². The van der Waals surface area contributed by atoms with E-state index in [1.54, 1.807) is 6.07 Å². The lowest BCUT2D eigenvalue weighted by Gasteiger charge is -2.07. The first-order chi connectivity index (χ1) is 8.49. The Morgan fingerprint density at radius 3 is 2.83 bits per heavy atom. The minimum Gasteiger partial charge on any atom is -0.320 e. The molecule has 0 radical (unpaired) electrons. The van der Waals surface area contributed by atoms with Gasteiger partial charge in [-0.25, -0.2) is 4.98 Å². The number of benzene rings is 1. The minimum absolute atomic E-state index is 0.134. The van der Waals surface area contributed by atoms with Crippen molar-refractivity contribution in [1.29, 1.82) is 0 Å². The summed E-state index contributed by atoms with van der Waals surface area (Å²) in [6.07, 6.45) is 1.49. The highest BCUT2D eigenvalue weighted by molar-refractivity contribution is 6.30. The number of carbonyl (C=O) groups is 1. The molecule has 0 fully saturated rings. The fourth-order valence-corrected chi connectivity index (χ4v) is 1.80. The van der Waals surface area contributed by atoms with Gasteiger partial charge in [0.25, 0.3) is 5.69 Å². The molecular weight excluding hydrogens is 258 g/mol. The Morgan fingerprint density at radius 1 is 1.50 bits per heavy atom. The van der Waals surface area contributed by atoms with Gasteiger partial charge < -0.3 is 5.32 Å². The molecule has 1 amide bonds. The van der Waals surface area contributed by atoms with Gasteiger partial charge in [-0.15, -0.1) is 0 Å². The van der Waals surface area contributed by atoms with E-state index in [0.717, 1.165) is 0 Å². The number of aromatic nitrogens is 1. The van der Waals surface area contributed by atoms with E-state index >= 15 is 0 Å². The molecule has 0 aliphatic rings. The third kappa shape index (κ3) is 2.23. The molecular formula is C11H8ClN3O3. The summed E-state index contributed by atoms with van der Waals surface area (Å²) in [7, 11) is 0. The van der Waals surface area contributed by atoms with Gasteiger partial charge in [0.05, 0.1) is 4.92 Å². The lowest BCUT2D eigenvalue weighted by molar-refractivity contribution is -0.383. The van der Waals surface area contributed by atoms with Crippen molar-refractivity contribution in [2.75, 3.05) is 5.32 Å². The van der Waals surface area contributed by atoms with Crippen LogP contribution < -0.4 is 5.32 Å². The summed E-state index contributed by atoms with van der Waals surface area (Å²) in [5.74, 6) is -0.390. The zero-order valence-electron chi connectivity index (χ0n) is 9.31. The van der Waals surface area contributed by atoms with Crippen LogP contribution in [0.5, 0.6) is 0 Å². The van der Waals surface area contributed by atoms with Crippen LogP contribution >= 0.6 is 11.6 Å². The van der Waals surface area contributed by atoms with Crippen molar-refractivity contribution in [2.45, 2.75) is 6.92 Å². The zero-order chi connectivity index (χ0) is 13.3. The minimum atomic E-state index is -0.557. The summed E-state index contributed by atoms with van der Waals surface area (Å²) < 4.78 is 0. The molecule has 0 saturated heterocycles. The average Bonchev–Trinajstić information content (AvgIpc) is 2.28. The summed E-state index contributed by atoms with van der Waals surface area (Å²) in [6.45, 7) is 1.28. The Hall–Kier alpha value is -2.21. The molecule has 1 N–H and O–H groups in total. The molecule has 7 heteroatoms. The largest absolute Gasteiger partial charge is 0.320 e. The fraction of sp³-hybridized carbons (Fsp3) is 0.0909. The number of nitrogens with zero attached hydrogens (tertiary/aromatic N) is 2. The third-order valence-corrected chi connectivity index (χ3v) is 2.55. The molecule has 0 atom stereocenters. The summed E-state index contributed by atoms with van der Waals surface area (Å²) >= 11 is 5.77. The van der Waals surface area contributed by atoms with E-state index in [1.165, 1.54) is 25.3 Å². The highest BCUT2D eigenvalue weighted by Crippen LogP contribution is 2.33. The van der Waals surface area contributed by atoms with Crippen LogP contribution in [0.1, 0.15) is 6.92 Å². The summed E-state index contributed by atoms with van der Waals surface area (Å²) in [5, 5.41) is 14.7. The maximum atomic E-state index is 11.1. The topological polar surface area (TPSA) is 85.1 Å². The van der Waals surface area contributed by atoms with Crippen molar-refractivity contribution < 1.29 is 9.72 Å². The van der Waals surface area contributed by atoms with E-state index in [0.29, 0.717) is 10.8 Å². The first-order valence-electron chi connectivity index (χ1n) is 4.99. The van der Waals surface area contributed by atoms with Crippen LogP contribution in [0.4, 0.5) is 11.4 Å². The smallest absolute Gasteiger partial charge is 0.293 e. The summed E-state index contributed by atoms with van der Waals surface area (Å²) in [4.78, 5) is 25.4. The lowest BCUT2D eigenvalue weighted by atomic mass is 10.1. The van der Waals surface area contributed by atoms with Crippen molar-refractivity contribution in [3.05, 3.63) is 39.7 Å². The van der Waals surface area contributed by atoms with Crippen LogP contribution in [0.2, 0.25) is 5.15 Å². The number of amides is 1. The molecule has 1 heterocycles. The van der Waals surface area contributed by atoms with E-state index in [2.05, 4.69) is 10.3 Å². The molecule has 0 unspecified atom stereocenters. The quantitative estimate of drug-likeness (QED) is 0.514. The Balaban J connectivity index is 2.78. The number of hydrogen-bond donors (Lipinski definition) is 1. The molecule has 1 aromatic carbocycles. The summed E-state index contributed by atoms with van der Waals surface area (Å²) in [6, 6.07) is 4.36. The number of nitro groups is 1. The number of hydrogen-bond acceptors (Lipinski definition) is 4. The van der Waals surface area contributed by atoms with Crippen molar-refractivity contribution >= 4 is 39.7 Å². The number of nitro benzene ring substituents is 1. The normalized spacial score (nSPS) is 10.3. The van der Waals surface area contributed by atoms with Crippen LogP contribution in [0.25, 0.3) is 10.8 Å². The SMILES string of the molecule is CC(=O)Nc1c([N+](=O)[O-])ccc2cnc(Cl)cc12. The second-order valence-corrected chi connectivity index (χ2v) is 4.01. The van der Waals surface area contributed by atoms with E-state index in [4.69, 9.17) is 11.6 Å². The maximum Gasteiger partial charge on any atom is 0.293 e. The lowest BCUT2D eigenvalue weighted by Crippen LogP contribution is -2.08. The molecule has 6 nitrogen and oxygen atoms in total. The molecule has 2 rings (SSSR count). The number of anilines is 1. The molecule has 0 aliphatic carbocycles. The van der Waals surface area contributed by atoms with E-state index in [-0.39, 0.29) is 16.5 Å². The average molecular weight is 266 g/mol. The van der Waals surface area contributed by atoms with Gasteiger partial charge in [0.2, 0.25) is 5.91 Å². The van der Waals surface area contributed by atoms with Gasteiger partial charge in [-0.05, 0) is 12.1 Å². The number of pyridine rings is 1. The van der Waals surface area contributed by atoms with Gasteiger partial charge in [0.1, 0.15) is 10.8 Å². The molecule has 0 aliphatic heterocycles. The standard InChI is InChI=1S/C11H8ClN3O3/c1-6(16)14-11-8-4-10(12)13-5-7(8)2-3-9(11)15(17)18/h2-5H,1H3,(H,14,16). The second kappa shape index (κ2) is 4.58. The van der Waals surface area contributed by atoms with Crippen molar-refractivity contribution in [2.24, 2.45) is 0 Å². The van der Waals surface area contributed by atoms with Crippen molar-refractivity contribution in [3.63, 3.8) is 0 Å². The first-order valence-corrected chi connectivity index (χ1v) is 5.37. The van der Waals surface area contributed by atoms with Gasteiger partial charge in [-0.2, -0.15) is 0 Å². The molecule has 0 spiro atoms. The molecule has 92 valence electrons. The number of halogens is 1. The Labute approximate surface area is 107 Å². The van der Waals surface area contributed by atoms with Gasteiger partial charge in [-0.3, -0.25) is 14.9 Å². The highest BCUT2D eigenvalue weighted by Gasteiger charge is 2.18. The Bertz CT molecular complexity index is 657. The molecule has 18 heavy (non-hydrogen) atoms. The van der Waals surface area contributed by atoms with Gasteiger partial charge >= 0.3 is 0 Å². The Kier molecular flexibility index (Phi) is 3.12. The van der Waals surface area contributed by atoms with E-state index in [9.17, 15) is 14.9 Å². The first kappa shape index (κ1) is 12.3. The fourth-order valence-electron chi connectivity index (χ4n) is 1.64. The van der Waals surface area contributed by atoms with Crippen LogP contribution in [0.15, 0.2) is 24.4 Å². The van der Waals surface area contributed by atoms with Crippen LogP contribution in [-0.4, -0.2) is 15.8 Å². The molecule has 0 bridgehead atoms. The predicted octanol–water partition coefficient (Wildman–Crippen LogP) is 2.75.